The molecular formula is C23H19ClN2O6S. The molecular weight excluding hydrogens is 468 g/mol. The lowest BCUT2D eigenvalue weighted by Crippen LogP contribution is -2.16. The van der Waals surface area contributed by atoms with Gasteiger partial charge in [-0.3, -0.25) is 4.79 Å². The van der Waals surface area contributed by atoms with E-state index in [1.165, 1.54) is 0 Å². The van der Waals surface area contributed by atoms with Gasteiger partial charge in [0, 0.05) is 23.0 Å². The van der Waals surface area contributed by atoms with Gasteiger partial charge in [0.1, 0.15) is 24.0 Å². The van der Waals surface area contributed by atoms with E-state index in [9.17, 15) is 9.59 Å². The predicted molar refractivity (Wildman–Crippen MR) is 123 cm³/mol. The second-order valence-electron chi connectivity index (χ2n) is 6.70. The molecule has 0 spiro atoms. The summed E-state index contributed by atoms with van der Waals surface area (Å²) in [6.45, 7) is 0.384. The third-order valence-corrected chi connectivity index (χ3v) is 5.61. The Bertz CT molecular complexity index is 1160. The van der Waals surface area contributed by atoms with Crippen LogP contribution in [0.25, 0.3) is 0 Å². The lowest BCUT2D eigenvalue weighted by Gasteiger charge is -2.10. The number of rotatable bonds is 9. The first kappa shape index (κ1) is 22.8. The quantitative estimate of drug-likeness (QED) is 0.269. The summed E-state index contributed by atoms with van der Waals surface area (Å²) in [5, 5.41) is 3.75. The van der Waals surface area contributed by atoms with Gasteiger partial charge in [0.2, 0.25) is 12.7 Å². The van der Waals surface area contributed by atoms with Crippen LogP contribution >= 0.6 is 23.4 Å². The second-order valence-corrected chi connectivity index (χ2v) is 8.10. The molecule has 2 heterocycles. The Morgan fingerprint density at radius 3 is 2.82 bits per heavy atom. The Morgan fingerprint density at radius 2 is 1.94 bits per heavy atom. The molecule has 1 aliphatic heterocycles. The molecule has 4 rings (SSSR count). The molecule has 1 N–H and O–H groups in total. The van der Waals surface area contributed by atoms with Crippen molar-refractivity contribution in [1.82, 2.24) is 4.98 Å². The number of thioether (sulfide) groups is 1. The smallest absolute Gasteiger partial charge is 0.341 e. The zero-order valence-corrected chi connectivity index (χ0v) is 18.9. The van der Waals surface area contributed by atoms with Crippen molar-refractivity contribution in [3.63, 3.8) is 0 Å². The Balaban J connectivity index is 1.26. The first-order valence-electron chi connectivity index (χ1n) is 9.91. The van der Waals surface area contributed by atoms with E-state index in [0.29, 0.717) is 33.0 Å². The summed E-state index contributed by atoms with van der Waals surface area (Å²) in [5.74, 6) is 1.07. The van der Waals surface area contributed by atoms with Gasteiger partial charge in [-0.2, -0.15) is 0 Å². The molecule has 0 unspecified atom stereocenters. The molecule has 8 nitrogen and oxygen atoms in total. The molecule has 0 bridgehead atoms. The summed E-state index contributed by atoms with van der Waals surface area (Å²) in [4.78, 5) is 29.1. The number of carbonyl (C=O) groups excluding carboxylic acids is 2. The van der Waals surface area contributed by atoms with Crippen molar-refractivity contribution in [2.24, 2.45) is 0 Å². The second kappa shape index (κ2) is 10.9. The average molecular weight is 487 g/mol. The maximum atomic E-state index is 12.5. The van der Waals surface area contributed by atoms with Crippen LogP contribution in [0.5, 0.6) is 17.2 Å². The number of aromatic nitrogens is 1. The predicted octanol–water partition coefficient (Wildman–Crippen LogP) is 4.43. The number of halogens is 1. The van der Waals surface area contributed by atoms with E-state index in [-0.39, 0.29) is 37.2 Å². The van der Waals surface area contributed by atoms with Gasteiger partial charge in [-0.15, -0.1) is 0 Å². The van der Waals surface area contributed by atoms with Gasteiger partial charge >= 0.3 is 5.97 Å². The summed E-state index contributed by atoms with van der Waals surface area (Å²) in [5.41, 5.74) is 0.867. The van der Waals surface area contributed by atoms with E-state index in [2.05, 4.69) is 10.3 Å². The monoisotopic (exact) mass is 486 g/mol. The molecule has 0 atom stereocenters. The van der Waals surface area contributed by atoms with Gasteiger partial charge in [0.15, 0.2) is 11.5 Å². The number of ether oxygens (including phenoxy) is 4. The van der Waals surface area contributed by atoms with Crippen LogP contribution in [0.15, 0.2) is 65.8 Å². The molecule has 170 valence electrons. The molecule has 1 aliphatic rings. The highest BCUT2D eigenvalue weighted by molar-refractivity contribution is 8.00. The van der Waals surface area contributed by atoms with E-state index in [1.54, 1.807) is 60.8 Å². The fraction of sp³-hybridized carbons (Fsp3) is 0.174. The van der Waals surface area contributed by atoms with Crippen molar-refractivity contribution >= 4 is 40.9 Å². The zero-order chi connectivity index (χ0) is 23.0. The van der Waals surface area contributed by atoms with E-state index >= 15 is 0 Å². The van der Waals surface area contributed by atoms with Crippen LogP contribution in [0.2, 0.25) is 5.02 Å². The highest BCUT2D eigenvalue weighted by Crippen LogP contribution is 2.34. The summed E-state index contributed by atoms with van der Waals surface area (Å²) in [6, 6.07) is 15.3. The number of hydrogen-bond acceptors (Lipinski definition) is 8. The summed E-state index contributed by atoms with van der Waals surface area (Å²) in [6.07, 6.45) is 1.55. The molecule has 2 aromatic carbocycles. The number of nitrogens with zero attached hydrogens (tertiary/aromatic N) is 1. The minimum absolute atomic E-state index is 0.0505. The molecule has 0 saturated carbocycles. The molecule has 33 heavy (non-hydrogen) atoms. The SMILES string of the molecule is O=C(CSc1ncccc1C(=O)OCCOc1cccc(Cl)c1)Nc1ccc2c(c1)OCO2. The maximum absolute atomic E-state index is 12.5. The lowest BCUT2D eigenvalue weighted by atomic mass is 10.3. The number of benzene rings is 2. The fourth-order valence-corrected chi connectivity index (χ4v) is 3.86. The molecule has 0 radical (unpaired) electrons. The van der Waals surface area contributed by atoms with E-state index in [1.807, 2.05) is 0 Å². The van der Waals surface area contributed by atoms with Crippen LogP contribution in [0.3, 0.4) is 0 Å². The molecule has 10 heteroatoms. The van der Waals surface area contributed by atoms with E-state index in [0.717, 1.165) is 11.8 Å². The Morgan fingerprint density at radius 1 is 1.06 bits per heavy atom. The molecule has 0 fully saturated rings. The normalized spacial score (nSPS) is 11.7. The number of nitrogens with one attached hydrogen (secondary N) is 1. The van der Waals surface area contributed by atoms with Crippen LogP contribution in [0.1, 0.15) is 10.4 Å². The average Bonchev–Trinajstić information content (AvgIpc) is 3.28. The number of fused-ring (bicyclic) bond motifs is 1. The summed E-state index contributed by atoms with van der Waals surface area (Å²) < 4.78 is 21.4. The maximum Gasteiger partial charge on any atom is 0.341 e. The van der Waals surface area contributed by atoms with Gasteiger partial charge in [0.05, 0.1) is 11.3 Å². The fourth-order valence-electron chi connectivity index (χ4n) is 2.89. The van der Waals surface area contributed by atoms with E-state index < -0.39 is 5.97 Å². The third-order valence-electron chi connectivity index (χ3n) is 4.37. The van der Waals surface area contributed by atoms with Crippen LogP contribution in [-0.2, 0) is 9.53 Å². The summed E-state index contributed by atoms with van der Waals surface area (Å²) in [7, 11) is 0. The standard InChI is InChI=1S/C23H19ClN2O6S/c24-15-3-1-4-17(11-15)29-9-10-30-23(28)18-5-2-8-25-22(18)33-13-21(27)26-16-6-7-19-20(12-16)32-14-31-19/h1-8,11-12H,9-10,13-14H2,(H,26,27). The molecule has 0 aliphatic carbocycles. The zero-order valence-electron chi connectivity index (χ0n) is 17.3. The number of carbonyl (C=O) groups is 2. The molecule has 3 aromatic rings. The molecule has 1 amide bonds. The van der Waals surface area contributed by atoms with Crippen molar-refractivity contribution in [3.8, 4) is 17.2 Å². The topological polar surface area (TPSA) is 96.0 Å². The third kappa shape index (κ3) is 6.30. The van der Waals surface area contributed by atoms with Gasteiger partial charge in [0.25, 0.3) is 0 Å². The van der Waals surface area contributed by atoms with Crippen LogP contribution in [0.4, 0.5) is 5.69 Å². The van der Waals surface area contributed by atoms with Gasteiger partial charge in [-0.05, 0) is 42.5 Å². The Hall–Kier alpha value is -3.43. The van der Waals surface area contributed by atoms with Crippen molar-refractivity contribution < 1.29 is 28.5 Å². The first-order valence-corrected chi connectivity index (χ1v) is 11.3. The lowest BCUT2D eigenvalue weighted by molar-refractivity contribution is -0.113. The Kier molecular flexibility index (Phi) is 7.54. The molecule has 0 saturated heterocycles. The van der Waals surface area contributed by atoms with Crippen LogP contribution < -0.4 is 19.5 Å². The molecule has 1 aromatic heterocycles. The Labute approximate surface area is 199 Å². The number of anilines is 1. The van der Waals surface area contributed by atoms with Crippen molar-refractivity contribution in [1.29, 1.82) is 0 Å². The number of esters is 1. The minimum atomic E-state index is -0.545. The van der Waals surface area contributed by atoms with E-state index in [4.69, 9.17) is 30.5 Å². The van der Waals surface area contributed by atoms with Crippen LogP contribution in [0, 0.1) is 0 Å². The number of hydrogen-bond donors (Lipinski definition) is 1. The highest BCUT2D eigenvalue weighted by Gasteiger charge is 2.17. The van der Waals surface area contributed by atoms with Crippen molar-refractivity contribution in [2.45, 2.75) is 5.03 Å². The number of pyridine rings is 1. The van der Waals surface area contributed by atoms with Crippen LogP contribution in [-0.4, -0.2) is 42.6 Å². The van der Waals surface area contributed by atoms with Gasteiger partial charge in [-0.25, -0.2) is 9.78 Å². The number of amides is 1. The van der Waals surface area contributed by atoms with Crippen molar-refractivity contribution in [3.05, 3.63) is 71.4 Å². The minimum Gasteiger partial charge on any atom is -0.490 e. The summed E-state index contributed by atoms with van der Waals surface area (Å²) >= 11 is 7.05. The first-order chi connectivity index (χ1) is 16.1. The van der Waals surface area contributed by atoms with Gasteiger partial charge < -0.3 is 24.3 Å². The highest BCUT2D eigenvalue weighted by atomic mass is 35.5. The largest absolute Gasteiger partial charge is 0.490 e. The van der Waals surface area contributed by atoms with Crippen molar-refractivity contribution in [2.75, 3.05) is 31.1 Å². The van der Waals surface area contributed by atoms with Gasteiger partial charge in [-0.1, -0.05) is 29.4 Å².